The number of nitrogens with one attached hydrogen (secondary N) is 1. The first-order valence-corrected chi connectivity index (χ1v) is 5.91. The summed E-state index contributed by atoms with van der Waals surface area (Å²) in [5.74, 6) is 0.250. The molecule has 0 radical (unpaired) electrons. The van der Waals surface area contributed by atoms with Crippen LogP contribution in [0.5, 0.6) is 0 Å². The average molecular weight is 226 g/mol. The smallest absolute Gasteiger partial charge is 0.324 e. The number of rotatable bonds is 3. The average Bonchev–Trinajstić information content (AvgIpc) is 2.69. The Balaban J connectivity index is 1.89. The van der Waals surface area contributed by atoms with E-state index in [0.29, 0.717) is 25.4 Å². The summed E-state index contributed by atoms with van der Waals surface area (Å²) in [5.41, 5.74) is 0. The highest BCUT2D eigenvalue weighted by atomic mass is 16.5. The van der Waals surface area contributed by atoms with E-state index in [1.165, 1.54) is 0 Å². The molecule has 2 heterocycles. The zero-order valence-electron chi connectivity index (χ0n) is 9.57. The Bertz CT molecular complexity index is 293. The summed E-state index contributed by atoms with van der Waals surface area (Å²) < 4.78 is 5.59. The van der Waals surface area contributed by atoms with E-state index in [9.17, 15) is 9.59 Å². The molecule has 2 aliphatic heterocycles. The van der Waals surface area contributed by atoms with Crippen molar-refractivity contribution in [3.8, 4) is 0 Å². The number of carbonyl (C=O) groups excluding carboxylic acids is 2. The molecule has 0 saturated carbocycles. The summed E-state index contributed by atoms with van der Waals surface area (Å²) in [6.07, 6.45) is 2.68. The number of nitrogens with zero attached hydrogens (tertiary/aromatic N) is 1. The largest absolute Gasteiger partial charge is 0.378 e. The molecule has 1 N–H and O–H groups in total. The van der Waals surface area contributed by atoms with Gasteiger partial charge < -0.3 is 9.64 Å². The van der Waals surface area contributed by atoms with Crippen molar-refractivity contribution in [1.29, 1.82) is 0 Å². The molecule has 2 unspecified atom stereocenters. The van der Waals surface area contributed by atoms with Crippen molar-refractivity contribution in [3.63, 3.8) is 0 Å². The fourth-order valence-electron chi connectivity index (χ4n) is 2.41. The monoisotopic (exact) mass is 226 g/mol. The van der Waals surface area contributed by atoms with Gasteiger partial charge in [-0.15, -0.1) is 0 Å². The van der Waals surface area contributed by atoms with Crippen molar-refractivity contribution < 1.29 is 14.3 Å². The van der Waals surface area contributed by atoms with Crippen LogP contribution in [-0.4, -0.2) is 42.6 Å². The standard InChI is InChI=1S/C11H18N2O3/c1-2-9-8(4-6-16-9)7-13-5-3-10(14)12-11(13)15/h8-9H,2-7H2,1H3,(H,12,14,15). The maximum atomic E-state index is 11.5. The molecule has 0 aliphatic carbocycles. The van der Waals surface area contributed by atoms with Crippen LogP contribution in [0.25, 0.3) is 0 Å². The third-order valence-corrected chi connectivity index (χ3v) is 3.35. The molecule has 90 valence electrons. The van der Waals surface area contributed by atoms with Gasteiger partial charge in [-0.1, -0.05) is 6.92 Å². The highest BCUT2D eigenvalue weighted by molar-refractivity contribution is 5.96. The first-order valence-electron chi connectivity index (χ1n) is 5.91. The second-order valence-corrected chi connectivity index (χ2v) is 4.42. The molecule has 2 fully saturated rings. The summed E-state index contributed by atoms with van der Waals surface area (Å²) in [6.45, 7) is 4.13. The van der Waals surface area contributed by atoms with E-state index in [0.717, 1.165) is 19.4 Å². The van der Waals surface area contributed by atoms with E-state index in [4.69, 9.17) is 4.74 Å². The number of hydrogen-bond donors (Lipinski definition) is 1. The van der Waals surface area contributed by atoms with Gasteiger partial charge in [0.25, 0.3) is 0 Å². The quantitative estimate of drug-likeness (QED) is 0.772. The minimum atomic E-state index is -0.252. The van der Waals surface area contributed by atoms with Gasteiger partial charge in [0.1, 0.15) is 0 Å². The summed E-state index contributed by atoms with van der Waals surface area (Å²) in [4.78, 5) is 24.3. The van der Waals surface area contributed by atoms with E-state index in [1.54, 1.807) is 4.90 Å². The van der Waals surface area contributed by atoms with Crippen molar-refractivity contribution in [2.75, 3.05) is 19.7 Å². The first kappa shape index (κ1) is 11.4. The van der Waals surface area contributed by atoms with Crippen LogP contribution < -0.4 is 5.32 Å². The minimum Gasteiger partial charge on any atom is -0.378 e. The molecule has 0 aromatic heterocycles. The van der Waals surface area contributed by atoms with Gasteiger partial charge in [0, 0.05) is 32.0 Å². The van der Waals surface area contributed by atoms with E-state index in [-0.39, 0.29) is 18.0 Å². The Morgan fingerprint density at radius 2 is 2.31 bits per heavy atom. The molecule has 2 rings (SSSR count). The van der Waals surface area contributed by atoms with Crippen molar-refractivity contribution in [3.05, 3.63) is 0 Å². The number of imide groups is 1. The Morgan fingerprint density at radius 3 is 3.00 bits per heavy atom. The number of ether oxygens (including phenoxy) is 1. The van der Waals surface area contributed by atoms with Gasteiger partial charge in [-0.2, -0.15) is 0 Å². The SMILES string of the molecule is CCC1OCCC1CN1CCC(=O)NC1=O. The third kappa shape index (κ3) is 2.35. The Kier molecular flexibility index (Phi) is 3.43. The lowest BCUT2D eigenvalue weighted by Crippen LogP contribution is -2.51. The topological polar surface area (TPSA) is 58.6 Å². The highest BCUT2D eigenvalue weighted by Gasteiger charge is 2.31. The highest BCUT2D eigenvalue weighted by Crippen LogP contribution is 2.24. The summed E-state index contributed by atoms with van der Waals surface area (Å²) in [5, 5.41) is 2.34. The molecule has 2 aliphatic rings. The number of carbonyl (C=O) groups is 2. The molecular formula is C11H18N2O3. The van der Waals surface area contributed by atoms with Crippen molar-refractivity contribution in [1.82, 2.24) is 10.2 Å². The molecule has 5 nitrogen and oxygen atoms in total. The van der Waals surface area contributed by atoms with E-state index in [1.807, 2.05) is 0 Å². The molecule has 5 heteroatoms. The van der Waals surface area contributed by atoms with Crippen LogP contribution in [0.2, 0.25) is 0 Å². The summed E-state index contributed by atoms with van der Waals surface area (Å²) >= 11 is 0. The fourth-order valence-corrected chi connectivity index (χ4v) is 2.41. The van der Waals surface area contributed by atoms with Crippen LogP contribution in [0, 0.1) is 5.92 Å². The van der Waals surface area contributed by atoms with Crippen molar-refractivity contribution >= 4 is 11.9 Å². The van der Waals surface area contributed by atoms with Gasteiger partial charge in [0.15, 0.2) is 0 Å². The molecule has 16 heavy (non-hydrogen) atoms. The van der Waals surface area contributed by atoms with E-state index >= 15 is 0 Å². The van der Waals surface area contributed by atoms with Gasteiger partial charge in [-0.05, 0) is 12.8 Å². The van der Waals surface area contributed by atoms with Crippen LogP contribution in [0.1, 0.15) is 26.2 Å². The minimum absolute atomic E-state index is 0.170. The zero-order chi connectivity index (χ0) is 11.5. The van der Waals surface area contributed by atoms with Crippen molar-refractivity contribution in [2.24, 2.45) is 5.92 Å². The third-order valence-electron chi connectivity index (χ3n) is 3.35. The molecule has 0 aromatic carbocycles. The zero-order valence-corrected chi connectivity index (χ0v) is 9.57. The second-order valence-electron chi connectivity index (χ2n) is 4.42. The van der Waals surface area contributed by atoms with Crippen LogP contribution in [0.3, 0.4) is 0 Å². The van der Waals surface area contributed by atoms with Crippen molar-refractivity contribution in [2.45, 2.75) is 32.3 Å². The number of amides is 3. The molecule has 3 amide bonds. The number of hydrogen-bond acceptors (Lipinski definition) is 3. The summed E-state index contributed by atoms with van der Waals surface area (Å²) in [6, 6.07) is -0.252. The molecule has 2 saturated heterocycles. The van der Waals surface area contributed by atoms with Crippen LogP contribution >= 0.6 is 0 Å². The Labute approximate surface area is 95.1 Å². The van der Waals surface area contributed by atoms with Gasteiger partial charge >= 0.3 is 6.03 Å². The normalized spacial score (nSPS) is 30.7. The molecule has 0 spiro atoms. The number of urea groups is 1. The van der Waals surface area contributed by atoms with Gasteiger partial charge in [-0.3, -0.25) is 10.1 Å². The van der Waals surface area contributed by atoms with Crippen LogP contribution in [-0.2, 0) is 9.53 Å². The van der Waals surface area contributed by atoms with Crippen LogP contribution in [0.15, 0.2) is 0 Å². The molecular weight excluding hydrogens is 208 g/mol. The second kappa shape index (κ2) is 4.82. The molecule has 0 aromatic rings. The Morgan fingerprint density at radius 1 is 1.50 bits per heavy atom. The van der Waals surface area contributed by atoms with Crippen LogP contribution in [0.4, 0.5) is 4.79 Å². The fraction of sp³-hybridized carbons (Fsp3) is 0.818. The summed E-state index contributed by atoms with van der Waals surface area (Å²) in [7, 11) is 0. The predicted molar refractivity (Wildman–Crippen MR) is 57.9 cm³/mol. The lowest BCUT2D eigenvalue weighted by molar-refractivity contribution is -0.121. The lowest BCUT2D eigenvalue weighted by Gasteiger charge is -2.30. The van der Waals surface area contributed by atoms with E-state index < -0.39 is 0 Å². The van der Waals surface area contributed by atoms with Gasteiger partial charge in [-0.25, -0.2) is 4.79 Å². The lowest BCUT2D eigenvalue weighted by atomic mass is 9.99. The first-order chi connectivity index (χ1) is 7.70. The van der Waals surface area contributed by atoms with E-state index in [2.05, 4.69) is 12.2 Å². The maximum Gasteiger partial charge on any atom is 0.324 e. The maximum absolute atomic E-state index is 11.5. The molecule has 0 bridgehead atoms. The van der Waals surface area contributed by atoms with Gasteiger partial charge in [0.05, 0.1) is 6.10 Å². The predicted octanol–water partition coefficient (Wildman–Crippen LogP) is 0.743. The molecule has 2 atom stereocenters. The van der Waals surface area contributed by atoms with Gasteiger partial charge in [0.2, 0.25) is 5.91 Å². The Hall–Kier alpha value is -1.10.